The topological polar surface area (TPSA) is 76.1 Å². The average molecular weight is 375 g/mol. The Balaban J connectivity index is 2.10. The molecule has 1 amide bonds. The molecule has 138 valence electrons. The van der Waals surface area contributed by atoms with E-state index in [1.165, 1.54) is 0 Å². The highest BCUT2D eigenvalue weighted by Crippen LogP contribution is 2.28. The molecule has 0 aliphatic carbocycles. The van der Waals surface area contributed by atoms with Crippen molar-refractivity contribution in [2.24, 2.45) is 0 Å². The van der Waals surface area contributed by atoms with E-state index in [9.17, 15) is 9.59 Å². The zero-order valence-electron chi connectivity index (χ0n) is 14.9. The van der Waals surface area contributed by atoms with E-state index >= 15 is 0 Å². The van der Waals surface area contributed by atoms with Gasteiger partial charge in [-0.25, -0.2) is 4.79 Å². The van der Waals surface area contributed by atoms with Gasteiger partial charge in [0.15, 0.2) is 6.61 Å². The van der Waals surface area contributed by atoms with Gasteiger partial charge in [-0.15, -0.1) is 11.8 Å². The lowest BCUT2D eigenvalue weighted by Gasteiger charge is -2.18. The third-order valence-corrected chi connectivity index (χ3v) is 4.43. The number of hydrogen-bond donors (Lipinski definition) is 1. The highest BCUT2D eigenvalue weighted by molar-refractivity contribution is 7.98. The van der Waals surface area contributed by atoms with Crippen molar-refractivity contribution in [2.75, 3.05) is 27.0 Å². The molecule has 0 heterocycles. The Bertz CT molecular complexity index is 793. The molecule has 0 bridgehead atoms. The number of nitrogens with zero attached hydrogens (tertiary/aromatic N) is 1. The maximum absolute atomic E-state index is 12.6. The van der Waals surface area contributed by atoms with Crippen LogP contribution in [0.5, 0.6) is 11.5 Å². The number of carboxylic acid groups (broad SMARTS) is 1. The van der Waals surface area contributed by atoms with Crippen molar-refractivity contribution in [1.82, 2.24) is 4.90 Å². The van der Waals surface area contributed by atoms with Crippen LogP contribution in [-0.2, 0) is 11.3 Å². The molecule has 0 saturated carbocycles. The second-order valence-electron chi connectivity index (χ2n) is 5.56. The number of rotatable bonds is 8. The van der Waals surface area contributed by atoms with E-state index < -0.39 is 12.6 Å². The van der Waals surface area contributed by atoms with Gasteiger partial charge in [-0.05, 0) is 42.2 Å². The smallest absolute Gasteiger partial charge is 0.341 e. The van der Waals surface area contributed by atoms with E-state index in [2.05, 4.69) is 0 Å². The highest BCUT2D eigenvalue weighted by atomic mass is 32.2. The minimum Gasteiger partial charge on any atom is -0.496 e. The minimum atomic E-state index is -1.07. The van der Waals surface area contributed by atoms with Crippen molar-refractivity contribution in [1.29, 1.82) is 0 Å². The average Bonchev–Trinajstić information content (AvgIpc) is 2.65. The first-order valence-electron chi connectivity index (χ1n) is 7.85. The first kappa shape index (κ1) is 19.7. The van der Waals surface area contributed by atoms with Gasteiger partial charge < -0.3 is 19.5 Å². The summed E-state index contributed by atoms with van der Waals surface area (Å²) < 4.78 is 10.5. The molecule has 2 aromatic carbocycles. The maximum atomic E-state index is 12.6. The number of aliphatic carboxylic acids is 1. The van der Waals surface area contributed by atoms with Gasteiger partial charge in [-0.1, -0.05) is 12.1 Å². The Morgan fingerprint density at radius 3 is 2.62 bits per heavy atom. The molecule has 26 heavy (non-hydrogen) atoms. The highest BCUT2D eigenvalue weighted by Gasteiger charge is 2.14. The maximum Gasteiger partial charge on any atom is 0.341 e. The Kier molecular flexibility index (Phi) is 6.91. The Morgan fingerprint density at radius 2 is 1.96 bits per heavy atom. The number of amides is 1. The molecule has 0 spiro atoms. The summed E-state index contributed by atoms with van der Waals surface area (Å²) in [7, 11) is 3.33. The van der Waals surface area contributed by atoms with Gasteiger partial charge >= 0.3 is 5.97 Å². The zero-order valence-corrected chi connectivity index (χ0v) is 15.7. The molecular formula is C19H21NO5S. The first-order valence-corrected chi connectivity index (χ1v) is 9.08. The van der Waals surface area contributed by atoms with Crippen LogP contribution in [0.2, 0.25) is 0 Å². The number of thioether (sulfide) groups is 1. The van der Waals surface area contributed by atoms with Crippen LogP contribution in [0.15, 0.2) is 47.4 Å². The predicted octanol–water partition coefficient (Wildman–Crippen LogP) is 3.15. The standard InChI is InChI=1S/C19H21NO5S/c1-20(11-13-7-8-17(26-3)16(9-13)24-2)19(23)14-5-4-6-15(10-14)25-12-18(21)22/h4-10H,11-12H2,1-3H3,(H,21,22). The fourth-order valence-corrected chi connectivity index (χ4v) is 2.96. The Hall–Kier alpha value is -2.67. The van der Waals surface area contributed by atoms with Crippen molar-refractivity contribution >= 4 is 23.6 Å². The fourth-order valence-electron chi connectivity index (χ4n) is 2.41. The summed E-state index contributed by atoms with van der Waals surface area (Å²) >= 11 is 1.60. The molecular weight excluding hydrogens is 354 g/mol. The summed E-state index contributed by atoms with van der Waals surface area (Å²) in [6, 6.07) is 12.3. The Labute approximate surface area is 156 Å². The summed E-state index contributed by atoms with van der Waals surface area (Å²) in [5, 5.41) is 8.67. The number of carbonyl (C=O) groups excluding carboxylic acids is 1. The second-order valence-corrected chi connectivity index (χ2v) is 6.41. The molecule has 0 radical (unpaired) electrons. The molecule has 0 atom stereocenters. The number of ether oxygens (including phenoxy) is 2. The molecule has 6 nitrogen and oxygen atoms in total. The van der Waals surface area contributed by atoms with E-state index in [1.54, 1.807) is 55.1 Å². The molecule has 0 aromatic heterocycles. The molecule has 0 aliphatic heterocycles. The lowest BCUT2D eigenvalue weighted by Crippen LogP contribution is -2.26. The van der Waals surface area contributed by atoms with Crippen molar-refractivity contribution in [2.45, 2.75) is 11.4 Å². The second kappa shape index (κ2) is 9.15. The van der Waals surface area contributed by atoms with E-state index in [1.807, 2.05) is 24.5 Å². The number of carbonyl (C=O) groups is 2. The quantitative estimate of drug-likeness (QED) is 0.715. The molecule has 2 aromatic rings. The lowest BCUT2D eigenvalue weighted by molar-refractivity contribution is -0.139. The van der Waals surface area contributed by atoms with Gasteiger partial charge in [0.05, 0.1) is 7.11 Å². The van der Waals surface area contributed by atoms with E-state index in [0.717, 1.165) is 16.2 Å². The van der Waals surface area contributed by atoms with Crippen LogP contribution in [-0.4, -0.2) is 48.9 Å². The van der Waals surface area contributed by atoms with Gasteiger partial charge in [-0.3, -0.25) is 4.79 Å². The number of benzene rings is 2. The SMILES string of the molecule is COc1cc(CN(C)C(=O)c2cccc(OCC(=O)O)c2)ccc1SC. The largest absolute Gasteiger partial charge is 0.496 e. The summed E-state index contributed by atoms with van der Waals surface area (Å²) in [6.45, 7) is -0.0286. The third-order valence-electron chi connectivity index (χ3n) is 3.66. The van der Waals surface area contributed by atoms with Crippen LogP contribution in [0, 0.1) is 0 Å². The Morgan fingerprint density at radius 1 is 1.19 bits per heavy atom. The summed E-state index contributed by atoms with van der Waals surface area (Å²) in [6.07, 6.45) is 1.98. The molecule has 1 N–H and O–H groups in total. The molecule has 2 rings (SSSR count). The van der Waals surface area contributed by atoms with Crippen LogP contribution >= 0.6 is 11.8 Å². The van der Waals surface area contributed by atoms with E-state index in [4.69, 9.17) is 14.6 Å². The summed E-state index contributed by atoms with van der Waals surface area (Å²) in [5.41, 5.74) is 1.39. The van der Waals surface area contributed by atoms with Crippen LogP contribution in [0.4, 0.5) is 0 Å². The number of methoxy groups -OCH3 is 1. The monoisotopic (exact) mass is 375 g/mol. The summed E-state index contributed by atoms with van der Waals surface area (Å²) in [5.74, 6) is -0.127. The predicted molar refractivity (Wildman–Crippen MR) is 100 cm³/mol. The first-order chi connectivity index (χ1) is 12.4. The number of hydrogen-bond acceptors (Lipinski definition) is 5. The van der Waals surface area contributed by atoms with Gasteiger partial charge in [0, 0.05) is 24.1 Å². The van der Waals surface area contributed by atoms with Crippen molar-refractivity contribution < 1.29 is 24.2 Å². The minimum absolute atomic E-state index is 0.182. The van der Waals surface area contributed by atoms with Gasteiger partial charge in [0.2, 0.25) is 0 Å². The van der Waals surface area contributed by atoms with E-state index in [0.29, 0.717) is 17.9 Å². The molecule has 0 unspecified atom stereocenters. The van der Waals surface area contributed by atoms with Crippen molar-refractivity contribution in [3.63, 3.8) is 0 Å². The molecule has 0 fully saturated rings. The van der Waals surface area contributed by atoms with Gasteiger partial charge in [-0.2, -0.15) is 0 Å². The van der Waals surface area contributed by atoms with Crippen LogP contribution < -0.4 is 9.47 Å². The van der Waals surface area contributed by atoms with Crippen molar-refractivity contribution in [3.8, 4) is 11.5 Å². The van der Waals surface area contributed by atoms with Crippen LogP contribution in [0.3, 0.4) is 0 Å². The lowest BCUT2D eigenvalue weighted by atomic mass is 10.1. The molecule has 0 aliphatic rings. The third kappa shape index (κ3) is 5.16. The zero-order chi connectivity index (χ0) is 19.1. The van der Waals surface area contributed by atoms with Gasteiger partial charge in [0.1, 0.15) is 11.5 Å². The number of carboxylic acids is 1. The van der Waals surface area contributed by atoms with E-state index in [-0.39, 0.29) is 5.91 Å². The van der Waals surface area contributed by atoms with Crippen LogP contribution in [0.1, 0.15) is 15.9 Å². The van der Waals surface area contributed by atoms with Crippen molar-refractivity contribution in [3.05, 3.63) is 53.6 Å². The normalized spacial score (nSPS) is 10.3. The summed E-state index contributed by atoms with van der Waals surface area (Å²) in [4.78, 5) is 25.8. The molecule has 7 heteroatoms. The van der Waals surface area contributed by atoms with Gasteiger partial charge in [0.25, 0.3) is 5.91 Å². The fraction of sp³-hybridized carbons (Fsp3) is 0.263. The molecule has 0 saturated heterocycles. The van der Waals surface area contributed by atoms with Crippen LogP contribution in [0.25, 0.3) is 0 Å².